The molecule has 1 unspecified atom stereocenters. The Morgan fingerprint density at radius 3 is 2.00 bits per heavy atom. The highest BCUT2D eigenvalue weighted by Crippen LogP contribution is 2.30. The van der Waals surface area contributed by atoms with E-state index in [1.807, 2.05) is 39.0 Å². The minimum Gasteiger partial charge on any atom is -0.281 e. The molecule has 0 bridgehead atoms. The van der Waals surface area contributed by atoms with Gasteiger partial charge in [-0.3, -0.25) is 9.36 Å². The summed E-state index contributed by atoms with van der Waals surface area (Å²) in [4.78, 5) is 12.4. The molecule has 0 amide bonds. The molecule has 19 heavy (non-hydrogen) atoms. The molecule has 97 valence electrons. The van der Waals surface area contributed by atoms with Gasteiger partial charge in [0.1, 0.15) is 0 Å². The van der Waals surface area contributed by atoms with Crippen LogP contribution in [-0.4, -0.2) is 5.52 Å². The summed E-state index contributed by atoms with van der Waals surface area (Å²) in [6.07, 6.45) is 0. The molecule has 2 rings (SSSR count). The van der Waals surface area contributed by atoms with Crippen molar-refractivity contribution in [1.29, 1.82) is 0 Å². The standard InChI is InChI=1S/C16H16O2P/c1-11-9-12(2)15(13(3)10-11)16(17)19(18)14-7-5-4-6-8-14/h4-10H,1-3H3. The van der Waals surface area contributed by atoms with Crippen LogP contribution in [0.15, 0.2) is 42.5 Å². The molecule has 0 spiro atoms. The molecule has 0 saturated heterocycles. The molecule has 1 radical (unpaired) electrons. The van der Waals surface area contributed by atoms with Crippen molar-refractivity contribution in [2.45, 2.75) is 20.8 Å². The summed E-state index contributed by atoms with van der Waals surface area (Å²) in [5.41, 5.74) is 3.21. The van der Waals surface area contributed by atoms with E-state index >= 15 is 0 Å². The molecule has 2 aromatic carbocycles. The second-order valence-electron chi connectivity index (χ2n) is 4.71. The average molecular weight is 271 g/mol. The van der Waals surface area contributed by atoms with Gasteiger partial charge >= 0.3 is 0 Å². The lowest BCUT2D eigenvalue weighted by atomic mass is 10.0. The maximum absolute atomic E-state index is 12.4. The topological polar surface area (TPSA) is 34.1 Å². The summed E-state index contributed by atoms with van der Waals surface area (Å²) in [7, 11) is -2.04. The number of hydrogen-bond acceptors (Lipinski definition) is 2. The summed E-state index contributed by atoms with van der Waals surface area (Å²) >= 11 is 0. The van der Waals surface area contributed by atoms with E-state index in [0.717, 1.165) is 16.7 Å². The van der Waals surface area contributed by atoms with Gasteiger partial charge in [-0.15, -0.1) is 0 Å². The van der Waals surface area contributed by atoms with Crippen LogP contribution in [0.2, 0.25) is 0 Å². The van der Waals surface area contributed by atoms with Crippen LogP contribution in [0.1, 0.15) is 27.0 Å². The first-order valence-electron chi connectivity index (χ1n) is 6.15. The van der Waals surface area contributed by atoms with E-state index in [2.05, 4.69) is 0 Å². The Bertz CT molecular complexity index is 622. The van der Waals surface area contributed by atoms with Gasteiger partial charge < -0.3 is 0 Å². The number of carbonyl (C=O) groups is 1. The average Bonchev–Trinajstić information content (AvgIpc) is 2.37. The molecule has 0 heterocycles. The van der Waals surface area contributed by atoms with Gasteiger partial charge in [-0.2, -0.15) is 0 Å². The fraction of sp³-hybridized carbons (Fsp3) is 0.188. The van der Waals surface area contributed by atoms with Crippen LogP contribution in [0.3, 0.4) is 0 Å². The molecule has 0 fully saturated rings. The summed E-state index contributed by atoms with van der Waals surface area (Å²) < 4.78 is 12.3. The molecule has 2 aromatic rings. The number of aryl methyl sites for hydroxylation is 3. The van der Waals surface area contributed by atoms with E-state index in [0.29, 0.717) is 10.9 Å². The minimum absolute atomic E-state index is 0.281. The van der Waals surface area contributed by atoms with E-state index in [1.165, 1.54) is 0 Å². The van der Waals surface area contributed by atoms with Crippen LogP contribution in [0.25, 0.3) is 0 Å². The lowest BCUT2D eigenvalue weighted by Gasteiger charge is -2.09. The second-order valence-corrected chi connectivity index (χ2v) is 6.22. The largest absolute Gasteiger partial charge is 0.281 e. The van der Waals surface area contributed by atoms with E-state index in [4.69, 9.17) is 0 Å². The van der Waals surface area contributed by atoms with Crippen molar-refractivity contribution in [3.63, 3.8) is 0 Å². The predicted molar refractivity (Wildman–Crippen MR) is 78.7 cm³/mol. The maximum atomic E-state index is 12.4. The van der Waals surface area contributed by atoms with Gasteiger partial charge in [0.2, 0.25) is 5.52 Å². The predicted octanol–water partition coefficient (Wildman–Crippen LogP) is 3.90. The first-order chi connectivity index (χ1) is 9.00. The number of benzene rings is 2. The van der Waals surface area contributed by atoms with Crippen molar-refractivity contribution in [3.8, 4) is 0 Å². The van der Waals surface area contributed by atoms with Gasteiger partial charge in [0.15, 0.2) is 7.80 Å². The first kappa shape index (κ1) is 13.6. The van der Waals surface area contributed by atoms with Crippen molar-refractivity contribution in [3.05, 3.63) is 64.7 Å². The Hall–Kier alpha value is -1.79. The SMILES string of the molecule is Cc1cc(C)c(C(=O)[P](=O)c2ccccc2)c(C)c1. The highest BCUT2D eigenvalue weighted by atomic mass is 31.1. The molecule has 0 aliphatic carbocycles. The number of hydrogen-bond donors (Lipinski definition) is 0. The third-order valence-corrected chi connectivity index (χ3v) is 4.43. The van der Waals surface area contributed by atoms with Gasteiger partial charge in [-0.25, -0.2) is 0 Å². The third-order valence-electron chi connectivity index (χ3n) is 3.07. The molecule has 2 nitrogen and oxygen atoms in total. The summed E-state index contributed by atoms with van der Waals surface area (Å²) in [5, 5.41) is 0.585. The summed E-state index contributed by atoms with van der Waals surface area (Å²) in [5.74, 6) is 0. The van der Waals surface area contributed by atoms with Crippen molar-refractivity contribution in [2.75, 3.05) is 0 Å². The summed E-state index contributed by atoms with van der Waals surface area (Å²) in [6, 6.07) is 12.8. The van der Waals surface area contributed by atoms with Crippen LogP contribution in [0.5, 0.6) is 0 Å². The zero-order valence-electron chi connectivity index (χ0n) is 11.3. The lowest BCUT2D eigenvalue weighted by molar-refractivity contribution is 0.107. The fourth-order valence-corrected chi connectivity index (χ4v) is 3.53. The van der Waals surface area contributed by atoms with Crippen LogP contribution >= 0.6 is 7.80 Å². The molecule has 3 heteroatoms. The molecule has 0 N–H and O–H groups in total. The molecule has 0 aromatic heterocycles. The van der Waals surface area contributed by atoms with Gasteiger partial charge in [-0.1, -0.05) is 35.9 Å². The van der Waals surface area contributed by atoms with Crippen LogP contribution in [0, 0.1) is 20.8 Å². The quantitative estimate of drug-likeness (QED) is 0.793. The fourth-order valence-electron chi connectivity index (χ4n) is 2.30. The van der Waals surface area contributed by atoms with Gasteiger partial charge in [0.25, 0.3) is 0 Å². The van der Waals surface area contributed by atoms with Crippen molar-refractivity contribution in [2.24, 2.45) is 0 Å². The van der Waals surface area contributed by atoms with Crippen LogP contribution < -0.4 is 5.30 Å². The summed E-state index contributed by atoms with van der Waals surface area (Å²) in [6.45, 7) is 5.77. The van der Waals surface area contributed by atoms with Crippen LogP contribution in [-0.2, 0) is 4.57 Å². The highest BCUT2D eigenvalue weighted by Gasteiger charge is 2.21. The zero-order chi connectivity index (χ0) is 14.0. The Morgan fingerprint density at radius 1 is 0.947 bits per heavy atom. The Morgan fingerprint density at radius 2 is 1.47 bits per heavy atom. The third kappa shape index (κ3) is 2.80. The van der Waals surface area contributed by atoms with E-state index in [9.17, 15) is 9.36 Å². The molecular formula is C16H16O2P. The smallest absolute Gasteiger partial charge is 0.247 e. The van der Waals surface area contributed by atoms with Gasteiger partial charge in [0.05, 0.1) is 0 Å². The monoisotopic (exact) mass is 271 g/mol. The van der Waals surface area contributed by atoms with E-state index in [1.54, 1.807) is 24.3 Å². The number of carbonyl (C=O) groups excluding carboxylic acids is 1. The van der Waals surface area contributed by atoms with Crippen molar-refractivity contribution < 1.29 is 9.36 Å². The number of rotatable bonds is 3. The molecule has 1 atom stereocenters. The highest BCUT2D eigenvalue weighted by molar-refractivity contribution is 7.71. The Labute approximate surface area is 114 Å². The molecule has 0 aliphatic rings. The van der Waals surface area contributed by atoms with Crippen molar-refractivity contribution in [1.82, 2.24) is 0 Å². The molecule has 0 saturated carbocycles. The first-order valence-corrected chi connectivity index (χ1v) is 7.41. The zero-order valence-corrected chi connectivity index (χ0v) is 12.2. The van der Waals surface area contributed by atoms with E-state index < -0.39 is 7.80 Å². The van der Waals surface area contributed by atoms with E-state index in [-0.39, 0.29) is 5.52 Å². The normalized spacial score (nSPS) is 11.2. The van der Waals surface area contributed by atoms with Crippen LogP contribution in [0.4, 0.5) is 0 Å². The maximum Gasteiger partial charge on any atom is 0.247 e. The Balaban J connectivity index is 2.44. The van der Waals surface area contributed by atoms with Gasteiger partial charge in [-0.05, 0) is 44.0 Å². The lowest BCUT2D eigenvalue weighted by Crippen LogP contribution is -2.07. The molecular weight excluding hydrogens is 255 g/mol. The molecule has 0 aliphatic heterocycles. The van der Waals surface area contributed by atoms with Crippen molar-refractivity contribution >= 4 is 18.6 Å². The van der Waals surface area contributed by atoms with Gasteiger partial charge in [0, 0.05) is 10.9 Å². The Kier molecular flexibility index (Phi) is 3.92. The minimum atomic E-state index is -2.04. The second kappa shape index (κ2) is 5.46.